The highest BCUT2D eigenvalue weighted by atomic mass is 19.1. The molecule has 0 aliphatic carbocycles. The maximum absolute atomic E-state index is 13.4. The highest BCUT2D eigenvalue weighted by molar-refractivity contribution is 5.47. The van der Waals surface area contributed by atoms with Gasteiger partial charge in [-0.15, -0.1) is 0 Å². The lowest BCUT2D eigenvalue weighted by atomic mass is 10.1. The molecule has 0 aromatic heterocycles. The quantitative estimate of drug-likeness (QED) is 0.730. The van der Waals surface area contributed by atoms with Crippen LogP contribution in [0.1, 0.15) is 18.4 Å². The zero-order valence-electron chi connectivity index (χ0n) is 8.17. The van der Waals surface area contributed by atoms with Crippen LogP contribution in [-0.2, 0) is 6.54 Å². The average molecular weight is 194 g/mol. The van der Waals surface area contributed by atoms with Crippen LogP contribution in [0.25, 0.3) is 0 Å². The Morgan fingerprint density at radius 2 is 2.00 bits per heavy atom. The minimum atomic E-state index is -0.183. The summed E-state index contributed by atoms with van der Waals surface area (Å²) in [5, 5.41) is 0. The molecule has 0 saturated carbocycles. The van der Waals surface area contributed by atoms with Crippen LogP contribution in [0.15, 0.2) is 18.2 Å². The molecule has 0 radical (unpaired) electrons. The van der Waals surface area contributed by atoms with E-state index < -0.39 is 0 Å². The van der Waals surface area contributed by atoms with Crippen molar-refractivity contribution in [1.29, 1.82) is 0 Å². The first-order chi connectivity index (χ1) is 6.77. The number of benzene rings is 1. The van der Waals surface area contributed by atoms with Crippen LogP contribution in [0, 0.1) is 5.82 Å². The van der Waals surface area contributed by atoms with Crippen molar-refractivity contribution in [2.75, 3.05) is 18.8 Å². The summed E-state index contributed by atoms with van der Waals surface area (Å²) in [5.74, 6) is -0.183. The van der Waals surface area contributed by atoms with E-state index in [4.69, 9.17) is 5.73 Å². The topological polar surface area (TPSA) is 29.3 Å². The molecule has 1 aromatic carbocycles. The summed E-state index contributed by atoms with van der Waals surface area (Å²) in [6, 6.07) is 4.88. The second kappa shape index (κ2) is 3.96. The van der Waals surface area contributed by atoms with Crippen molar-refractivity contribution in [1.82, 2.24) is 4.90 Å². The molecule has 0 amide bonds. The number of rotatable bonds is 2. The molecule has 3 heteroatoms. The summed E-state index contributed by atoms with van der Waals surface area (Å²) in [5.41, 5.74) is 6.95. The predicted octanol–water partition coefficient (Wildman–Crippen LogP) is 2.00. The summed E-state index contributed by atoms with van der Waals surface area (Å²) in [7, 11) is 0. The molecule has 0 spiro atoms. The Morgan fingerprint density at radius 3 is 2.64 bits per heavy atom. The van der Waals surface area contributed by atoms with Gasteiger partial charge in [0.15, 0.2) is 0 Å². The number of hydrogen-bond acceptors (Lipinski definition) is 2. The van der Waals surface area contributed by atoms with Crippen LogP contribution in [-0.4, -0.2) is 18.0 Å². The average Bonchev–Trinajstić information content (AvgIpc) is 2.64. The Bertz CT molecular complexity index is 299. The summed E-state index contributed by atoms with van der Waals surface area (Å²) in [6.07, 6.45) is 2.43. The summed E-state index contributed by atoms with van der Waals surface area (Å²) >= 11 is 0. The maximum Gasteiger partial charge on any atom is 0.129 e. The van der Waals surface area contributed by atoms with Gasteiger partial charge < -0.3 is 5.73 Å². The fraction of sp³-hybridized carbons (Fsp3) is 0.455. The van der Waals surface area contributed by atoms with Crippen molar-refractivity contribution in [3.8, 4) is 0 Å². The monoisotopic (exact) mass is 194 g/mol. The van der Waals surface area contributed by atoms with Gasteiger partial charge in [0, 0.05) is 17.8 Å². The van der Waals surface area contributed by atoms with E-state index in [-0.39, 0.29) is 5.82 Å². The first-order valence-electron chi connectivity index (χ1n) is 5.02. The molecular weight excluding hydrogens is 179 g/mol. The number of anilines is 1. The normalized spacial score (nSPS) is 17.5. The zero-order valence-corrected chi connectivity index (χ0v) is 8.17. The first kappa shape index (κ1) is 9.46. The van der Waals surface area contributed by atoms with Gasteiger partial charge in [-0.05, 0) is 38.1 Å². The van der Waals surface area contributed by atoms with Crippen LogP contribution in [0.3, 0.4) is 0 Å². The third kappa shape index (κ3) is 1.87. The van der Waals surface area contributed by atoms with Crippen LogP contribution >= 0.6 is 0 Å². The molecular formula is C11H15FN2. The fourth-order valence-corrected chi connectivity index (χ4v) is 1.91. The molecule has 2 nitrogen and oxygen atoms in total. The Hall–Kier alpha value is -1.09. The van der Waals surface area contributed by atoms with Gasteiger partial charge in [-0.25, -0.2) is 4.39 Å². The molecule has 0 atom stereocenters. The van der Waals surface area contributed by atoms with E-state index in [1.54, 1.807) is 12.1 Å². The van der Waals surface area contributed by atoms with Gasteiger partial charge in [0.2, 0.25) is 0 Å². The smallest absolute Gasteiger partial charge is 0.129 e. The van der Waals surface area contributed by atoms with E-state index in [1.165, 1.54) is 18.9 Å². The van der Waals surface area contributed by atoms with Crippen molar-refractivity contribution in [3.63, 3.8) is 0 Å². The van der Waals surface area contributed by atoms with Gasteiger partial charge in [-0.2, -0.15) is 0 Å². The standard InChI is InChI=1S/C11H15FN2/c12-10-4-3-5-11(13)9(10)8-14-6-1-2-7-14/h3-5H,1-2,6-8,13H2. The highest BCUT2D eigenvalue weighted by Crippen LogP contribution is 2.20. The summed E-state index contributed by atoms with van der Waals surface area (Å²) in [6.45, 7) is 2.78. The molecule has 0 bridgehead atoms. The van der Waals surface area contributed by atoms with Gasteiger partial charge >= 0.3 is 0 Å². The lowest BCUT2D eigenvalue weighted by Gasteiger charge is -2.16. The van der Waals surface area contributed by atoms with Gasteiger partial charge in [-0.1, -0.05) is 6.07 Å². The van der Waals surface area contributed by atoms with Crippen molar-refractivity contribution >= 4 is 5.69 Å². The molecule has 0 unspecified atom stereocenters. The van der Waals surface area contributed by atoms with Crippen molar-refractivity contribution < 1.29 is 4.39 Å². The van der Waals surface area contributed by atoms with Gasteiger partial charge in [0.25, 0.3) is 0 Å². The second-order valence-electron chi connectivity index (χ2n) is 3.79. The third-order valence-electron chi connectivity index (χ3n) is 2.74. The van der Waals surface area contributed by atoms with E-state index in [0.717, 1.165) is 13.1 Å². The van der Waals surface area contributed by atoms with Crippen LogP contribution < -0.4 is 5.73 Å². The van der Waals surface area contributed by atoms with Gasteiger partial charge in [0.05, 0.1) is 0 Å². The molecule has 1 fully saturated rings. The minimum absolute atomic E-state index is 0.183. The van der Waals surface area contributed by atoms with Crippen LogP contribution in [0.4, 0.5) is 10.1 Å². The van der Waals surface area contributed by atoms with E-state index in [0.29, 0.717) is 17.8 Å². The molecule has 76 valence electrons. The molecule has 14 heavy (non-hydrogen) atoms. The number of hydrogen-bond donors (Lipinski definition) is 1. The largest absolute Gasteiger partial charge is 0.398 e. The predicted molar refractivity (Wildman–Crippen MR) is 55.3 cm³/mol. The van der Waals surface area contributed by atoms with Crippen molar-refractivity contribution in [2.24, 2.45) is 0 Å². The fourth-order valence-electron chi connectivity index (χ4n) is 1.91. The van der Waals surface area contributed by atoms with E-state index in [2.05, 4.69) is 4.90 Å². The highest BCUT2D eigenvalue weighted by Gasteiger charge is 2.15. The SMILES string of the molecule is Nc1cccc(F)c1CN1CCCC1. The van der Waals surface area contributed by atoms with E-state index in [9.17, 15) is 4.39 Å². The Kier molecular flexibility index (Phi) is 2.68. The second-order valence-corrected chi connectivity index (χ2v) is 3.79. The van der Waals surface area contributed by atoms with Crippen LogP contribution in [0.5, 0.6) is 0 Å². The Morgan fingerprint density at radius 1 is 1.29 bits per heavy atom. The summed E-state index contributed by atoms with van der Waals surface area (Å²) in [4.78, 5) is 2.24. The van der Waals surface area contributed by atoms with Crippen molar-refractivity contribution in [3.05, 3.63) is 29.6 Å². The van der Waals surface area contributed by atoms with Gasteiger partial charge in [0.1, 0.15) is 5.82 Å². The lowest BCUT2D eigenvalue weighted by Crippen LogP contribution is -2.20. The molecule has 1 aliphatic rings. The number of nitrogens with zero attached hydrogens (tertiary/aromatic N) is 1. The third-order valence-corrected chi connectivity index (χ3v) is 2.74. The molecule has 1 heterocycles. The molecule has 2 N–H and O–H groups in total. The van der Waals surface area contributed by atoms with Crippen LogP contribution in [0.2, 0.25) is 0 Å². The molecule has 1 aliphatic heterocycles. The number of nitrogens with two attached hydrogens (primary N) is 1. The molecule has 1 saturated heterocycles. The maximum atomic E-state index is 13.4. The first-order valence-corrected chi connectivity index (χ1v) is 5.02. The number of halogens is 1. The number of likely N-dealkylation sites (tertiary alicyclic amines) is 1. The van der Waals surface area contributed by atoms with E-state index >= 15 is 0 Å². The zero-order chi connectivity index (χ0) is 9.97. The Balaban J connectivity index is 2.14. The van der Waals surface area contributed by atoms with E-state index in [1.807, 2.05) is 0 Å². The minimum Gasteiger partial charge on any atom is -0.398 e. The van der Waals surface area contributed by atoms with Crippen molar-refractivity contribution in [2.45, 2.75) is 19.4 Å². The lowest BCUT2D eigenvalue weighted by molar-refractivity contribution is 0.326. The summed E-state index contributed by atoms with van der Waals surface area (Å²) < 4.78 is 13.4. The van der Waals surface area contributed by atoms with Gasteiger partial charge in [-0.3, -0.25) is 4.90 Å². The number of nitrogen functional groups attached to an aromatic ring is 1. The Labute approximate surface area is 83.5 Å². The molecule has 1 aromatic rings. The molecule has 2 rings (SSSR count).